The van der Waals surface area contributed by atoms with Crippen LogP contribution in [0.3, 0.4) is 0 Å². The van der Waals surface area contributed by atoms with Gasteiger partial charge in [-0.05, 0) is 24.5 Å². The Labute approximate surface area is 99.2 Å². The molecule has 0 N–H and O–H groups in total. The maximum atomic E-state index is 10.8. The van der Waals surface area contributed by atoms with E-state index in [2.05, 4.69) is 11.8 Å². The van der Waals surface area contributed by atoms with Crippen LogP contribution in [0.25, 0.3) is 0 Å². The number of nitro groups is 1. The van der Waals surface area contributed by atoms with Crippen molar-refractivity contribution in [1.29, 1.82) is 0 Å². The molecule has 1 saturated heterocycles. The molecule has 1 aliphatic rings. The summed E-state index contributed by atoms with van der Waals surface area (Å²) in [5, 5.41) is 10.7. The fourth-order valence-corrected chi connectivity index (χ4v) is 2.17. The van der Waals surface area contributed by atoms with Crippen molar-refractivity contribution in [2.45, 2.75) is 13.3 Å². The summed E-state index contributed by atoms with van der Waals surface area (Å²) in [4.78, 5) is 23.2. The molecule has 2 rings (SSSR count). The molecule has 5 nitrogen and oxygen atoms in total. The first-order valence-electron chi connectivity index (χ1n) is 5.60. The molecule has 5 heteroatoms. The van der Waals surface area contributed by atoms with Crippen LogP contribution in [0.1, 0.15) is 23.7 Å². The molecule has 1 aromatic carbocycles. The molecule has 1 heterocycles. The lowest BCUT2D eigenvalue weighted by atomic mass is 10.1. The van der Waals surface area contributed by atoms with Crippen LogP contribution < -0.4 is 4.90 Å². The van der Waals surface area contributed by atoms with Crippen LogP contribution in [-0.4, -0.2) is 24.3 Å². The number of benzene rings is 1. The summed E-state index contributed by atoms with van der Waals surface area (Å²) in [7, 11) is 0. The quantitative estimate of drug-likeness (QED) is 0.457. The van der Waals surface area contributed by atoms with Crippen molar-refractivity contribution < 1.29 is 9.72 Å². The number of aldehydes is 1. The Balaban J connectivity index is 2.31. The summed E-state index contributed by atoms with van der Waals surface area (Å²) in [6.07, 6.45) is 1.66. The molecule has 1 unspecified atom stereocenters. The minimum absolute atomic E-state index is 0.129. The lowest BCUT2D eigenvalue weighted by Gasteiger charge is -2.18. The van der Waals surface area contributed by atoms with E-state index in [1.165, 1.54) is 6.07 Å². The van der Waals surface area contributed by atoms with Crippen molar-refractivity contribution in [2.24, 2.45) is 5.92 Å². The van der Waals surface area contributed by atoms with Crippen molar-refractivity contribution in [3.8, 4) is 0 Å². The Morgan fingerprint density at radius 3 is 2.82 bits per heavy atom. The minimum Gasteiger partial charge on any atom is -0.371 e. The second kappa shape index (κ2) is 4.53. The number of rotatable bonds is 3. The van der Waals surface area contributed by atoms with Gasteiger partial charge in [0, 0.05) is 24.8 Å². The zero-order valence-corrected chi connectivity index (χ0v) is 9.63. The third kappa shape index (κ3) is 2.27. The van der Waals surface area contributed by atoms with Gasteiger partial charge in [0.2, 0.25) is 0 Å². The summed E-state index contributed by atoms with van der Waals surface area (Å²) in [6, 6.07) is 4.72. The second-order valence-electron chi connectivity index (χ2n) is 4.46. The van der Waals surface area contributed by atoms with Crippen LogP contribution in [-0.2, 0) is 0 Å². The molecule has 0 saturated carbocycles. The standard InChI is InChI=1S/C12H14N2O3/c1-9-4-5-13(7-9)11-2-3-12(14(16)17)10(6-11)8-15/h2-3,6,8-9H,4-5,7H2,1H3. The molecular weight excluding hydrogens is 220 g/mol. The second-order valence-corrected chi connectivity index (χ2v) is 4.46. The molecular formula is C12H14N2O3. The molecule has 0 amide bonds. The van der Waals surface area contributed by atoms with Gasteiger partial charge in [0.1, 0.15) is 0 Å². The van der Waals surface area contributed by atoms with Crippen LogP contribution in [0.4, 0.5) is 11.4 Å². The van der Waals surface area contributed by atoms with Crippen molar-refractivity contribution in [1.82, 2.24) is 0 Å². The highest BCUT2D eigenvalue weighted by atomic mass is 16.6. The zero-order valence-electron chi connectivity index (χ0n) is 9.63. The predicted molar refractivity (Wildman–Crippen MR) is 64.5 cm³/mol. The van der Waals surface area contributed by atoms with Gasteiger partial charge in [-0.2, -0.15) is 0 Å². The normalized spacial score (nSPS) is 19.4. The van der Waals surface area contributed by atoms with Gasteiger partial charge in [-0.15, -0.1) is 0 Å². The number of hydrogen-bond donors (Lipinski definition) is 0. The first-order chi connectivity index (χ1) is 8.11. The minimum atomic E-state index is -0.528. The lowest BCUT2D eigenvalue weighted by Crippen LogP contribution is -2.19. The number of nitrogens with zero attached hydrogens (tertiary/aromatic N) is 2. The zero-order chi connectivity index (χ0) is 12.4. The third-order valence-corrected chi connectivity index (χ3v) is 3.12. The summed E-state index contributed by atoms with van der Waals surface area (Å²) in [5.74, 6) is 0.630. The highest BCUT2D eigenvalue weighted by Gasteiger charge is 2.21. The number of anilines is 1. The van der Waals surface area contributed by atoms with E-state index in [4.69, 9.17) is 0 Å². The summed E-state index contributed by atoms with van der Waals surface area (Å²) < 4.78 is 0. The Morgan fingerprint density at radius 1 is 1.53 bits per heavy atom. The van der Waals surface area contributed by atoms with Crippen LogP contribution in [0.2, 0.25) is 0 Å². The topological polar surface area (TPSA) is 63.4 Å². The lowest BCUT2D eigenvalue weighted by molar-refractivity contribution is -0.385. The Bertz CT molecular complexity index is 459. The molecule has 0 bridgehead atoms. The van der Waals surface area contributed by atoms with Gasteiger partial charge in [0.25, 0.3) is 5.69 Å². The first kappa shape index (κ1) is 11.6. The van der Waals surface area contributed by atoms with Crippen LogP contribution in [0.5, 0.6) is 0 Å². The van der Waals surface area contributed by atoms with E-state index in [0.29, 0.717) is 12.2 Å². The number of carbonyl (C=O) groups excluding carboxylic acids is 1. The highest BCUT2D eigenvalue weighted by Crippen LogP contribution is 2.27. The molecule has 1 atom stereocenters. The maximum absolute atomic E-state index is 10.8. The van der Waals surface area contributed by atoms with Gasteiger partial charge in [-0.25, -0.2) is 0 Å². The Morgan fingerprint density at radius 2 is 2.29 bits per heavy atom. The summed E-state index contributed by atoms with van der Waals surface area (Å²) in [5.41, 5.74) is 0.907. The monoisotopic (exact) mass is 234 g/mol. The van der Waals surface area contributed by atoms with E-state index in [1.54, 1.807) is 12.1 Å². The number of carbonyl (C=O) groups is 1. The predicted octanol–water partition coefficient (Wildman–Crippen LogP) is 2.25. The summed E-state index contributed by atoms with van der Waals surface area (Å²) >= 11 is 0. The van der Waals surface area contributed by atoms with Gasteiger partial charge in [-0.1, -0.05) is 6.92 Å². The maximum Gasteiger partial charge on any atom is 0.280 e. The van der Waals surface area contributed by atoms with Gasteiger partial charge >= 0.3 is 0 Å². The van der Waals surface area contributed by atoms with E-state index in [1.807, 2.05) is 0 Å². The molecule has 17 heavy (non-hydrogen) atoms. The molecule has 0 aliphatic carbocycles. The van der Waals surface area contributed by atoms with Crippen molar-refractivity contribution in [3.63, 3.8) is 0 Å². The smallest absolute Gasteiger partial charge is 0.280 e. The van der Waals surface area contributed by atoms with E-state index in [9.17, 15) is 14.9 Å². The highest BCUT2D eigenvalue weighted by molar-refractivity contribution is 5.83. The van der Waals surface area contributed by atoms with Crippen LogP contribution in [0.15, 0.2) is 18.2 Å². The summed E-state index contributed by atoms with van der Waals surface area (Å²) in [6.45, 7) is 4.05. The van der Waals surface area contributed by atoms with Crippen molar-refractivity contribution in [3.05, 3.63) is 33.9 Å². The van der Waals surface area contributed by atoms with Crippen LogP contribution >= 0.6 is 0 Å². The van der Waals surface area contributed by atoms with Gasteiger partial charge < -0.3 is 4.90 Å². The molecule has 0 spiro atoms. The molecule has 0 radical (unpaired) electrons. The van der Waals surface area contributed by atoms with Crippen molar-refractivity contribution >= 4 is 17.7 Å². The van der Waals surface area contributed by atoms with E-state index < -0.39 is 4.92 Å². The molecule has 1 aliphatic heterocycles. The van der Waals surface area contributed by atoms with Gasteiger partial charge in [-0.3, -0.25) is 14.9 Å². The average molecular weight is 234 g/mol. The fourth-order valence-electron chi connectivity index (χ4n) is 2.17. The third-order valence-electron chi connectivity index (χ3n) is 3.12. The van der Waals surface area contributed by atoms with Crippen molar-refractivity contribution in [2.75, 3.05) is 18.0 Å². The average Bonchev–Trinajstić information content (AvgIpc) is 2.75. The van der Waals surface area contributed by atoms with Crippen LogP contribution in [0, 0.1) is 16.0 Å². The number of nitro benzene ring substituents is 1. The fraction of sp³-hybridized carbons (Fsp3) is 0.417. The molecule has 1 aromatic rings. The molecule has 0 aromatic heterocycles. The molecule has 90 valence electrons. The number of hydrogen-bond acceptors (Lipinski definition) is 4. The first-order valence-corrected chi connectivity index (χ1v) is 5.60. The van der Waals surface area contributed by atoms with Gasteiger partial charge in [0.15, 0.2) is 6.29 Å². The van der Waals surface area contributed by atoms with E-state index in [-0.39, 0.29) is 11.3 Å². The molecule has 1 fully saturated rings. The Kier molecular flexibility index (Phi) is 3.08. The van der Waals surface area contributed by atoms with E-state index in [0.717, 1.165) is 25.2 Å². The van der Waals surface area contributed by atoms with E-state index >= 15 is 0 Å². The van der Waals surface area contributed by atoms with Gasteiger partial charge in [0.05, 0.1) is 10.5 Å². The largest absolute Gasteiger partial charge is 0.371 e. The SMILES string of the molecule is CC1CCN(c2ccc([N+](=O)[O-])c(C=O)c2)C1. The Hall–Kier alpha value is -1.91.